The molecule has 1 saturated heterocycles. The highest BCUT2D eigenvalue weighted by Crippen LogP contribution is 2.57. The van der Waals surface area contributed by atoms with E-state index in [4.69, 9.17) is 14.2 Å². The minimum atomic E-state index is -3.30. The van der Waals surface area contributed by atoms with Crippen LogP contribution >= 0.6 is 0 Å². The Morgan fingerprint density at radius 2 is 1.81 bits per heavy atom. The summed E-state index contributed by atoms with van der Waals surface area (Å²) < 4.78 is 50.2. The van der Waals surface area contributed by atoms with Crippen molar-refractivity contribution in [1.82, 2.24) is 15.2 Å². The number of Topliss-reactive ketones (excluding diaryl/α,β-unsaturated/α-hetero) is 1. The zero-order valence-corrected chi connectivity index (χ0v) is 28.2. The number of alkyl halides is 2. The number of halogens is 2. The molecule has 2 amide bonds. The molecule has 2 saturated carbocycles. The Hall–Kier alpha value is -3.50. The van der Waals surface area contributed by atoms with Crippen LogP contribution in [-0.4, -0.2) is 65.6 Å². The van der Waals surface area contributed by atoms with Crippen LogP contribution in [0.5, 0.6) is 11.5 Å². The Kier molecular flexibility index (Phi) is 8.89. The average Bonchev–Trinajstić information content (AvgIpc) is 3.36. The minimum absolute atomic E-state index is 0.0134. The third-order valence-electron chi connectivity index (χ3n) is 11.1. The first-order chi connectivity index (χ1) is 22.2. The highest BCUT2D eigenvalue weighted by Gasteiger charge is 2.57. The summed E-state index contributed by atoms with van der Waals surface area (Å²) in [4.78, 5) is 46.8. The van der Waals surface area contributed by atoms with Crippen LogP contribution in [0.2, 0.25) is 0 Å². The molecule has 9 nitrogen and oxygen atoms in total. The summed E-state index contributed by atoms with van der Waals surface area (Å²) in [5, 5.41) is 3.44. The Labute approximate surface area is 275 Å². The quantitative estimate of drug-likeness (QED) is 0.395. The van der Waals surface area contributed by atoms with Gasteiger partial charge in [0, 0.05) is 17.7 Å². The number of methoxy groups -OCH3 is 1. The van der Waals surface area contributed by atoms with Crippen LogP contribution in [0.3, 0.4) is 0 Å². The topological polar surface area (TPSA) is 107 Å². The van der Waals surface area contributed by atoms with Gasteiger partial charge in [0.25, 0.3) is 5.92 Å². The van der Waals surface area contributed by atoms with Gasteiger partial charge in [0.15, 0.2) is 11.5 Å². The van der Waals surface area contributed by atoms with Crippen molar-refractivity contribution in [2.75, 3.05) is 13.7 Å². The first-order valence-electron chi connectivity index (χ1n) is 17.0. The first kappa shape index (κ1) is 33.4. The molecule has 2 aromatic rings. The fraction of sp³-hybridized carbons (Fsp3) is 0.667. The van der Waals surface area contributed by atoms with Gasteiger partial charge in [-0.3, -0.25) is 9.59 Å². The largest absolute Gasteiger partial charge is 0.497 e. The van der Waals surface area contributed by atoms with Crippen molar-refractivity contribution in [2.24, 2.45) is 29.1 Å². The van der Waals surface area contributed by atoms with Crippen molar-refractivity contribution >= 4 is 28.7 Å². The lowest BCUT2D eigenvalue weighted by molar-refractivity contribution is -0.164. The van der Waals surface area contributed by atoms with E-state index in [1.54, 1.807) is 24.3 Å². The number of fused-ring (bicyclic) bond motifs is 8. The third-order valence-corrected chi connectivity index (χ3v) is 11.1. The predicted octanol–water partition coefficient (Wildman–Crippen LogP) is 6.65. The van der Waals surface area contributed by atoms with Gasteiger partial charge in [0.1, 0.15) is 29.7 Å². The van der Waals surface area contributed by atoms with Gasteiger partial charge in [-0.25, -0.2) is 9.78 Å². The molecular formula is C36H47F2N3O6. The summed E-state index contributed by atoms with van der Waals surface area (Å²) in [6.45, 7) is 8.85. The number of amides is 2. The number of carbonyl (C=O) groups is 3. The highest BCUT2D eigenvalue weighted by molar-refractivity contribution is 5.92. The SMILES string of the molecule is CC[C@@H]1[C@@H]2CN(C(=O)[C@H](C(C)(C)C)NC(=O)O[C@@H]3C4CC[C@H]4[C@H]3CCCCC(F)(F)c3nc4ccc(OC)cc4cc3O2)[C@@H]1C(C)=O. The van der Waals surface area contributed by atoms with Gasteiger partial charge in [-0.15, -0.1) is 0 Å². The molecule has 6 rings (SSSR count). The number of ketones is 1. The molecule has 8 atom stereocenters. The number of aromatic nitrogens is 1. The van der Waals surface area contributed by atoms with Crippen molar-refractivity contribution in [2.45, 2.75) is 110 Å². The summed E-state index contributed by atoms with van der Waals surface area (Å²) >= 11 is 0. The second kappa shape index (κ2) is 12.5. The fourth-order valence-electron chi connectivity index (χ4n) is 8.41. The van der Waals surface area contributed by atoms with Crippen LogP contribution in [0.4, 0.5) is 13.6 Å². The van der Waals surface area contributed by atoms with E-state index in [9.17, 15) is 14.4 Å². The van der Waals surface area contributed by atoms with E-state index in [-0.39, 0.29) is 42.4 Å². The van der Waals surface area contributed by atoms with Crippen LogP contribution in [0.25, 0.3) is 10.9 Å². The zero-order chi connectivity index (χ0) is 33.8. The van der Waals surface area contributed by atoms with E-state index in [0.29, 0.717) is 41.8 Å². The molecule has 2 aliphatic heterocycles. The van der Waals surface area contributed by atoms with Crippen molar-refractivity contribution < 1.29 is 37.4 Å². The number of pyridine rings is 1. The maximum Gasteiger partial charge on any atom is 0.408 e. The van der Waals surface area contributed by atoms with E-state index in [1.807, 2.05) is 27.7 Å². The molecule has 1 aromatic carbocycles. The van der Waals surface area contributed by atoms with Gasteiger partial charge < -0.3 is 24.4 Å². The zero-order valence-electron chi connectivity index (χ0n) is 28.2. The summed E-state index contributed by atoms with van der Waals surface area (Å²) in [6.07, 6.45) is 1.84. The van der Waals surface area contributed by atoms with Crippen molar-refractivity contribution in [3.63, 3.8) is 0 Å². The Morgan fingerprint density at radius 1 is 1.09 bits per heavy atom. The van der Waals surface area contributed by atoms with Gasteiger partial charge >= 0.3 is 6.09 Å². The number of rotatable bonds is 3. The van der Waals surface area contributed by atoms with Crippen LogP contribution in [0, 0.1) is 29.1 Å². The van der Waals surface area contributed by atoms with E-state index < -0.39 is 59.6 Å². The van der Waals surface area contributed by atoms with Crippen LogP contribution in [0.1, 0.15) is 85.3 Å². The Bertz CT molecular complexity index is 1540. The Balaban J connectivity index is 1.42. The predicted molar refractivity (Wildman–Crippen MR) is 171 cm³/mol. The third kappa shape index (κ3) is 6.15. The molecule has 1 aromatic heterocycles. The molecule has 3 fully saturated rings. The fourth-order valence-corrected chi connectivity index (χ4v) is 8.41. The smallest absolute Gasteiger partial charge is 0.408 e. The summed E-state index contributed by atoms with van der Waals surface area (Å²) in [5.41, 5.74) is -0.770. The van der Waals surface area contributed by atoms with E-state index in [1.165, 1.54) is 18.9 Å². The van der Waals surface area contributed by atoms with Crippen LogP contribution in [-0.2, 0) is 20.2 Å². The molecule has 47 heavy (non-hydrogen) atoms. The average molecular weight is 656 g/mol. The number of nitrogens with zero attached hydrogens (tertiary/aromatic N) is 2. The number of carbonyl (C=O) groups excluding carboxylic acids is 3. The number of ether oxygens (including phenoxy) is 3. The second-order valence-electron chi connectivity index (χ2n) is 15.0. The van der Waals surface area contributed by atoms with Gasteiger partial charge in [-0.05, 0) is 86.5 Å². The lowest BCUT2D eigenvalue weighted by atomic mass is 9.50. The van der Waals surface area contributed by atoms with Crippen LogP contribution < -0.4 is 14.8 Å². The second-order valence-corrected chi connectivity index (χ2v) is 15.0. The molecule has 1 unspecified atom stereocenters. The van der Waals surface area contributed by atoms with Crippen molar-refractivity contribution in [3.05, 3.63) is 30.0 Å². The van der Waals surface area contributed by atoms with Crippen LogP contribution in [0.15, 0.2) is 24.3 Å². The standard InChI is InChI=1S/C36H47F2N3O6/c1-7-22-28-18-41(29(22)19(2)42)33(43)32(35(3,4)5)40-34(44)47-30-24(23-12-13-25(23)30)10-8-9-15-36(37,38)31-27(46-28)17-20-16-21(45-6)11-14-26(20)39-31/h11,14,16-17,22-25,28-30,32H,7-10,12-13,15,18H2,1-6H3,(H,40,44)/t22-,23+,24-,25?,28+,29-,30+,32-/m1/s1. The Morgan fingerprint density at radius 3 is 2.45 bits per heavy atom. The lowest BCUT2D eigenvalue weighted by Crippen LogP contribution is -2.61. The van der Waals surface area contributed by atoms with E-state index in [0.717, 1.165) is 12.8 Å². The number of hydrogen-bond acceptors (Lipinski definition) is 7. The van der Waals surface area contributed by atoms with Gasteiger partial charge in [-0.1, -0.05) is 34.1 Å². The monoisotopic (exact) mass is 655 g/mol. The van der Waals surface area contributed by atoms with Gasteiger partial charge in [0.2, 0.25) is 5.91 Å². The molecule has 1 N–H and O–H groups in total. The highest BCUT2D eigenvalue weighted by atomic mass is 19.3. The number of nitrogens with one attached hydrogen (secondary N) is 1. The molecule has 256 valence electrons. The van der Waals surface area contributed by atoms with E-state index >= 15 is 8.78 Å². The molecule has 3 heterocycles. The maximum atomic E-state index is 16.2. The molecule has 0 spiro atoms. The summed E-state index contributed by atoms with van der Waals surface area (Å²) in [7, 11) is 1.53. The number of benzene rings is 1. The molecular weight excluding hydrogens is 608 g/mol. The first-order valence-corrected chi connectivity index (χ1v) is 17.0. The summed E-state index contributed by atoms with van der Waals surface area (Å²) in [6, 6.07) is 4.78. The minimum Gasteiger partial charge on any atom is -0.497 e. The lowest BCUT2D eigenvalue weighted by Gasteiger charge is -2.58. The molecule has 0 radical (unpaired) electrons. The number of hydrogen-bond donors (Lipinski definition) is 1. The summed E-state index contributed by atoms with van der Waals surface area (Å²) in [5.74, 6) is -3.14. The van der Waals surface area contributed by atoms with Crippen molar-refractivity contribution in [3.8, 4) is 11.5 Å². The van der Waals surface area contributed by atoms with E-state index in [2.05, 4.69) is 10.3 Å². The molecule has 4 aliphatic rings. The van der Waals surface area contributed by atoms with Gasteiger partial charge in [0.05, 0.1) is 25.2 Å². The molecule has 2 bridgehead atoms. The van der Waals surface area contributed by atoms with Gasteiger partial charge in [-0.2, -0.15) is 8.78 Å². The maximum absolute atomic E-state index is 16.2. The molecule has 2 aliphatic carbocycles. The molecule has 11 heteroatoms. The number of alkyl carbamates (subject to hydrolysis) is 1. The normalized spacial score (nSPS) is 32.6. The van der Waals surface area contributed by atoms with Crippen molar-refractivity contribution in [1.29, 1.82) is 0 Å².